The summed E-state index contributed by atoms with van der Waals surface area (Å²) in [7, 11) is 0. The number of amides is 1. The first kappa shape index (κ1) is 14.7. The third-order valence-electron chi connectivity index (χ3n) is 3.77. The zero-order valence-electron chi connectivity index (χ0n) is 12.6. The van der Waals surface area contributed by atoms with Gasteiger partial charge in [0.2, 0.25) is 0 Å². The molecule has 4 rings (SSSR count). The van der Waals surface area contributed by atoms with E-state index in [9.17, 15) is 4.79 Å². The molecule has 4 aromatic rings. The van der Waals surface area contributed by atoms with E-state index >= 15 is 0 Å². The number of nitrogens with one attached hydrogen (secondary N) is 1. The number of fused-ring (bicyclic) bond motifs is 2. The Morgan fingerprint density at radius 2 is 2.00 bits per heavy atom. The highest BCUT2D eigenvalue weighted by Crippen LogP contribution is 2.16. The van der Waals surface area contributed by atoms with E-state index in [4.69, 9.17) is 11.6 Å². The van der Waals surface area contributed by atoms with Gasteiger partial charge in [-0.25, -0.2) is 4.98 Å². The quantitative estimate of drug-likeness (QED) is 0.623. The van der Waals surface area contributed by atoms with E-state index in [1.54, 1.807) is 24.5 Å². The number of rotatable bonds is 3. The first-order valence-corrected chi connectivity index (χ1v) is 7.83. The number of aromatic nitrogens is 3. The van der Waals surface area contributed by atoms with Crippen LogP contribution in [0, 0.1) is 0 Å². The van der Waals surface area contributed by atoms with Gasteiger partial charge in [0.1, 0.15) is 5.65 Å². The molecule has 0 saturated carbocycles. The molecule has 118 valence electrons. The highest BCUT2D eigenvalue weighted by Gasteiger charge is 2.11. The van der Waals surface area contributed by atoms with E-state index in [2.05, 4.69) is 15.3 Å². The SMILES string of the molecule is O=C(NCc1cn2cc(Cl)ccc2n1)c1cccc2cccnc12. The lowest BCUT2D eigenvalue weighted by Crippen LogP contribution is -2.23. The lowest BCUT2D eigenvalue weighted by Gasteiger charge is -2.06. The summed E-state index contributed by atoms with van der Waals surface area (Å²) in [6.07, 6.45) is 5.32. The molecule has 6 heteroatoms. The summed E-state index contributed by atoms with van der Waals surface area (Å²) in [5, 5.41) is 4.47. The van der Waals surface area contributed by atoms with Gasteiger partial charge in [-0.05, 0) is 24.3 Å². The number of pyridine rings is 2. The summed E-state index contributed by atoms with van der Waals surface area (Å²) in [5.74, 6) is -0.172. The predicted molar refractivity (Wildman–Crippen MR) is 93.1 cm³/mol. The fourth-order valence-electron chi connectivity index (χ4n) is 2.66. The van der Waals surface area contributed by atoms with Gasteiger partial charge in [0.25, 0.3) is 5.91 Å². The number of benzene rings is 1. The van der Waals surface area contributed by atoms with E-state index in [0.717, 1.165) is 16.7 Å². The number of nitrogens with zero attached hydrogens (tertiary/aromatic N) is 3. The van der Waals surface area contributed by atoms with Crippen molar-refractivity contribution in [2.45, 2.75) is 6.54 Å². The van der Waals surface area contributed by atoms with Crippen molar-refractivity contribution in [3.8, 4) is 0 Å². The van der Waals surface area contributed by atoms with Crippen molar-refractivity contribution >= 4 is 34.1 Å². The fraction of sp³-hybridized carbons (Fsp3) is 0.0556. The molecule has 0 fully saturated rings. The number of halogens is 1. The van der Waals surface area contributed by atoms with Crippen molar-refractivity contribution in [2.75, 3.05) is 0 Å². The molecular formula is C18H13ClN4O. The van der Waals surface area contributed by atoms with E-state index < -0.39 is 0 Å². The molecule has 1 amide bonds. The maximum absolute atomic E-state index is 12.5. The molecule has 0 radical (unpaired) electrons. The smallest absolute Gasteiger partial charge is 0.253 e. The second kappa shape index (κ2) is 5.94. The van der Waals surface area contributed by atoms with Crippen molar-refractivity contribution in [1.29, 1.82) is 0 Å². The molecule has 1 aromatic carbocycles. The van der Waals surface area contributed by atoms with Crippen molar-refractivity contribution in [1.82, 2.24) is 19.7 Å². The van der Waals surface area contributed by atoms with Gasteiger partial charge < -0.3 is 9.72 Å². The van der Waals surface area contributed by atoms with Gasteiger partial charge in [-0.1, -0.05) is 29.8 Å². The number of hydrogen-bond donors (Lipinski definition) is 1. The van der Waals surface area contributed by atoms with Crippen LogP contribution < -0.4 is 5.32 Å². The first-order valence-electron chi connectivity index (χ1n) is 7.46. The lowest BCUT2D eigenvalue weighted by molar-refractivity contribution is 0.0952. The molecule has 0 atom stereocenters. The van der Waals surface area contributed by atoms with Gasteiger partial charge in [0.15, 0.2) is 0 Å². The summed E-state index contributed by atoms with van der Waals surface area (Å²) in [6.45, 7) is 0.335. The molecule has 0 bridgehead atoms. The number of imidazole rings is 1. The third kappa shape index (κ3) is 2.70. The largest absolute Gasteiger partial charge is 0.346 e. The summed E-state index contributed by atoms with van der Waals surface area (Å²) in [5.41, 5.74) is 2.80. The van der Waals surface area contributed by atoms with Crippen molar-refractivity contribution in [2.24, 2.45) is 0 Å². The van der Waals surface area contributed by atoms with Gasteiger partial charge in [-0.15, -0.1) is 0 Å². The highest BCUT2D eigenvalue weighted by molar-refractivity contribution is 6.30. The summed E-state index contributed by atoms with van der Waals surface area (Å²) in [6, 6.07) is 13.0. The van der Waals surface area contributed by atoms with Gasteiger partial charge >= 0.3 is 0 Å². The molecular weight excluding hydrogens is 324 g/mol. The Hall–Kier alpha value is -2.92. The van der Waals surface area contributed by atoms with Crippen molar-refractivity contribution in [3.05, 3.63) is 77.3 Å². The average Bonchev–Trinajstić information content (AvgIpc) is 3.01. The fourth-order valence-corrected chi connectivity index (χ4v) is 2.82. The maximum atomic E-state index is 12.5. The summed E-state index contributed by atoms with van der Waals surface area (Å²) < 4.78 is 1.84. The topological polar surface area (TPSA) is 59.3 Å². The molecule has 0 spiro atoms. The van der Waals surface area contributed by atoms with Crippen LogP contribution in [0.3, 0.4) is 0 Å². The first-order chi connectivity index (χ1) is 11.7. The molecule has 24 heavy (non-hydrogen) atoms. The Bertz CT molecular complexity index is 1050. The normalized spacial score (nSPS) is 11.0. The van der Waals surface area contributed by atoms with Crippen LogP contribution in [0.2, 0.25) is 5.02 Å². The zero-order chi connectivity index (χ0) is 16.5. The highest BCUT2D eigenvalue weighted by atomic mass is 35.5. The van der Waals surface area contributed by atoms with E-state index in [0.29, 0.717) is 22.6 Å². The number of hydrogen-bond acceptors (Lipinski definition) is 3. The standard InChI is InChI=1S/C18H13ClN4O/c19-13-6-7-16-22-14(11-23(16)10-13)9-21-18(24)15-5-1-3-12-4-2-8-20-17(12)15/h1-8,10-11H,9H2,(H,21,24). The lowest BCUT2D eigenvalue weighted by atomic mass is 10.1. The number of carbonyl (C=O) groups is 1. The Labute approximate surface area is 142 Å². The second-order valence-electron chi connectivity index (χ2n) is 5.41. The van der Waals surface area contributed by atoms with Crippen LogP contribution in [0.25, 0.3) is 16.6 Å². The molecule has 0 aliphatic rings. The summed E-state index contributed by atoms with van der Waals surface area (Å²) >= 11 is 5.97. The van der Waals surface area contributed by atoms with Gasteiger partial charge in [-0.3, -0.25) is 9.78 Å². The monoisotopic (exact) mass is 336 g/mol. The van der Waals surface area contributed by atoms with Crippen LogP contribution in [0.4, 0.5) is 0 Å². The van der Waals surface area contributed by atoms with Crippen LogP contribution in [-0.2, 0) is 6.54 Å². The minimum atomic E-state index is -0.172. The minimum Gasteiger partial charge on any atom is -0.346 e. The second-order valence-corrected chi connectivity index (χ2v) is 5.84. The third-order valence-corrected chi connectivity index (χ3v) is 4.00. The van der Waals surface area contributed by atoms with Crippen LogP contribution in [0.15, 0.2) is 61.1 Å². The van der Waals surface area contributed by atoms with E-state index in [-0.39, 0.29) is 5.91 Å². The Balaban J connectivity index is 1.57. The number of carbonyl (C=O) groups excluding carboxylic acids is 1. The van der Waals surface area contributed by atoms with Crippen molar-refractivity contribution in [3.63, 3.8) is 0 Å². The van der Waals surface area contributed by atoms with Crippen molar-refractivity contribution < 1.29 is 4.79 Å². The zero-order valence-corrected chi connectivity index (χ0v) is 13.4. The van der Waals surface area contributed by atoms with Crippen LogP contribution >= 0.6 is 11.6 Å². The summed E-state index contributed by atoms with van der Waals surface area (Å²) in [4.78, 5) is 21.3. The molecule has 0 unspecified atom stereocenters. The molecule has 0 aliphatic carbocycles. The molecule has 3 aromatic heterocycles. The predicted octanol–water partition coefficient (Wildman–Crippen LogP) is 3.47. The molecule has 0 aliphatic heterocycles. The molecule has 1 N–H and O–H groups in total. The maximum Gasteiger partial charge on any atom is 0.253 e. The van der Waals surface area contributed by atoms with E-state index in [1.165, 1.54) is 0 Å². The minimum absolute atomic E-state index is 0.172. The average molecular weight is 337 g/mol. The van der Waals surface area contributed by atoms with Gasteiger partial charge in [0.05, 0.1) is 28.3 Å². The van der Waals surface area contributed by atoms with Gasteiger partial charge in [-0.2, -0.15) is 0 Å². The Morgan fingerprint density at radius 3 is 2.92 bits per heavy atom. The van der Waals surface area contributed by atoms with Crippen LogP contribution in [-0.4, -0.2) is 20.3 Å². The van der Waals surface area contributed by atoms with Crippen LogP contribution in [0.5, 0.6) is 0 Å². The number of para-hydroxylation sites is 1. The Kier molecular flexibility index (Phi) is 3.63. The Morgan fingerprint density at radius 1 is 1.12 bits per heavy atom. The molecule has 5 nitrogen and oxygen atoms in total. The molecule has 0 saturated heterocycles. The molecule has 3 heterocycles. The van der Waals surface area contributed by atoms with Crippen LogP contribution in [0.1, 0.15) is 16.1 Å². The van der Waals surface area contributed by atoms with Gasteiger partial charge in [0, 0.05) is 24.0 Å². The van der Waals surface area contributed by atoms with E-state index in [1.807, 2.05) is 40.9 Å².